The Labute approximate surface area is 109 Å². The third-order valence-corrected chi connectivity index (χ3v) is 3.56. The predicted molar refractivity (Wildman–Crippen MR) is 68.4 cm³/mol. The fraction of sp³-hybridized carbons (Fsp3) is 0.923. The monoisotopic (exact) mass is 256 g/mol. The van der Waals surface area contributed by atoms with Gasteiger partial charge in [0.1, 0.15) is 0 Å². The molecule has 2 aliphatic heterocycles. The Kier molecular flexibility index (Phi) is 4.59. The summed E-state index contributed by atoms with van der Waals surface area (Å²) >= 11 is 0. The molecule has 0 radical (unpaired) electrons. The summed E-state index contributed by atoms with van der Waals surface area (Å²) in [5.41, 5.74) is -0.0928. The number of carbonyl (C=O) groups is 1. The highest BCUT2D eigenvalue weighted by Gasteiger charge is 2.40. The molecule has 1 spiro atoms. The van der Waals surface area contributed by atoms with Crippen molar-refractivity contribution in [3.63, 3.8) is 0 Å². The van der Waals surface area contributed by atoms with E-state index in [2.05, 4.69) is 10.6 Å². The van der Waals surface area contributed by atoms with Crippen molar-refractivity contribution in [2.24, 2.45) is 0 Å². The molecule has 2 unspecified atom stereocenters. The second-order valence-corrected chi connectivity index (χ2v) is 5.63. The molecule has 0 bridgehead atoms. The summed E-state index contributed by atoms with van der Waals surface area (Å²) in [4.78, 5) is 11.6. The lowest BCUT2D eigenvalue weighted by molar-refractivity contribution is -0.121. The Morgan fingerprint density at radius 1 is 1.44 bits per heavy atom. The summed E-state index contributed by atoms with van der Waals surface area (Å²) in [5.74, 6) is 0.0632. The van der Waals surface area contributed by atoms with Gasteiger partial charge in [-0.1, -0.05) is 0 Å². The molecule has 0 aromatic heterocycles. The molecule has 0 saturated carbocycles. The Morgan fingerprint density at radius 2 is 2.28 bits per heavy atom. The van der Waals surface area contributed by atoms with Crippen LogP contribution in [0.2, 0.25) is 0 Å². The minimum atomic E-state index is -0.0928. The summed E-state index contributed by atoms with van der Waals surface area (Å²) in [6.45, 7) is 6.57. The summed E-state index contributed by atoms with van der Waals surface area (Å²) < 4.78 is 11.3. The molecule has 18 heavy (non-hydrogen) atoms. The Balaban J connectivity index is 1.74. The minimum absolute atomic E-state index is 0.0632. The Morgan fingerprint density at radius 3 is 2.94 bits per heavy atom. The molecule has 2 rings (SSSR count). The van der Waals surface area contributed by atoms with Crippen LogP contribution < -0.4 is 10.6 Å². The van der Waals surface area contributed by atoms with Gasteiger partial charge in [-0.3, -0.25) is 4.79 Å². The van der Waals surface area contributed by atoms with E-state index in [4.69, 9.17) is 9.47 Å². The molecule has 0 aromatic rings. The van der Waals surface area contributed by atoms with Crippen LogP contribution in [0.15, 0.2) is 0 Å². The second kappa shape index (κ2) is 5.99. The van der Waals surface area contributed by atoms with Gasteiger partial charge >= 0.3 is 0 Å². The van der Waals surface area contributed by atoms with Crippen LogP contribution in [0.1, 0.15) is 33.1 Å². The van der Waals surface area contributed by atoms with Crippen LogP contribution in [0, 0.1) is 0 Å². The molecule has 1 amide bonds. The third-order valence-electron chi connectivity index (χ3n) is 3.56. The van der Waals surface area contributed by atoms with Gasteiger partial charge in [-0.05, 0) is 26.7 Å². The van der Waals surface area contributed by atoms with E-state index in [1.54, 1.807) is 0 Å². The van der Waals surface area contributed by atoms with Gasteiger partial charge < -0.3 is 20.1 Å². The van der Waals surface area contributed by atoms with Crippen molar-refractivity contribution in [3.8, 4) is 0 Å². The summed E-state index contributed by atoms with van der Waals surface area (Å²) in [5, 5.41) is 6.22. The molecule has 0 aliphatic carbocycles. The van der Waals surface area contributed by atoms with Gasteiger partial charge in [0.05, 0.1) is 18.8 Å². The first-order chi connectivity index (χ1) is 8.60. The van der Waals surface area contributed by atoms with Crippen molar-refractivity contribution in [2.45, 2.75) is 50.8 Å². The van der Waals surface area contributed by atoms with Crippen LogP contribution in [0.3, 0.4) is 0 Å². The topological polar surface area (TPSA) is 59.6 Å². The lowest BCUT2D eigenvalue weighted by atomic mass is 9.90. The number of rotatable bonds is 4. The van der Waals surface area contributed by atoms with Gasteiger partial charge in [0.25, 0.3) is 0 Å². The van der Waals surface area contributed by atoms with Crippen LogP contribution in [0.4, 0.5) is 0 Å². The minimum Gasteiger partial charge on any atom is -0.378 e. The number of ether oxygens (including phenoxy) is 2. The largest absolute Gasteiger partial charge is 0.378 e. The zero-order chi connectivity index (χ0) is 13.0. The Hall–Kier alpha value is -0.650. The number of amides is 1. The van der Waals surface area contributed by atoms with Gasteiger partial charge in [-0.25, -0.2) is 0 Å². The van der Waals surface area contributed by atoms with Crippen molar-refractivity contribution in [3.05, 3.63) is 0 Å². The lowest BCUT2D eigenvalue weighted by Gasteiger charge is -2.37. The molecule has 2 atom stereocenters. The molecule has 2 fully saturated rings. The number of hydrogen-bond acceptors (Lipinski definition) is 4. The van der Waals surface area contributed by atoms with E-state index in [-0.39, 0.29) is 17.6 Å². The van der Waals surface area contributed by atoms with Crippen LogP contribution in [-0.2, 0) is 14.3 Å². The maximum atomic E-state index is 11.6. The van der Waals surface area contributed by atoms with Crippen LogP contribution >= 0.6 is 0 Å². The SMILES string of the molecule is CC(C)NC(=O)CNC1CCOC2(CCOC2)C1. The van der Waals surface area contributed by atoms with Crippen LogP contribution in [-0.4, -0.2) is 50.0 Å². The molecule has 2 aliphatic rings. The predicted octanol–water partition coefficient (Wildman–Crippen LogP) is 0.439. The molecule has 2 heterocycles. The third kappa shape index (κ3) is 3.67. The maximum absolute atomic E-state index is 11.6. The quantitative estimate of drug-likeness (QED) is 0.766. The van der Waals surface area contributed by atoms with Crippen molar-refractivity contribution in [1.29, 1.82) is 0 Å². The van der Waals surface area contributed by atoms with E-state index in [0.717, 1.165) is 32.5 Å². The molecule has 0 aromatic carbocycles. The van der Waals surface area contributed by atoms with Gasteiger partial charge in [-0.2, -0.15) is 0 Å². The van der Waals surface area contributed by atoms with Gasteiger partial charge in [0.2, 0.25) is 5.91 Å². The van der Waals surface area contributed by atoms with Crippen molar-refractivity contribution >= 4 is 5.91 Å². The summed E-state index contributed by atoms with van der Waals surface area (Å²) in [7, 11) is 0. The number of carbonyl (C=O) groups excluding carboxylic acids is 1. The molecular formula is C13H24N2O3. The number of hydrogen-bond donors (Lipinski definition) is 2. The van der Waals surface area contributed by atoms with Crippen LogP contribution in [0.25, 0.3) is 0 Å². The smallest absolute Gasteiger partial charge is 0.234 e. The van der Waals surface area contributed by atoms with E-state index in [1.807, 2.05) is 13.8 Å². The lowest BCUT2D eigenvalue weighted by Crippen LogP contribution is -2.50. The van der Waals surface area contributed by atoms with Gasteiger partial charge in [0, 0.05) is 31.7 Å². The zero-order valence-corrected chi connectivity index (χ0v) is 11.3. The van der Waals surface area contributed by atoms with Gasteiger partial charge in [0.15, 0.2) is 0 Å². The molecule has 5 heteroatoms. The number of nitrogens with one attached hydrogen (secondary N) is 2. The first kappa shape index (κ1) is 13.8. The normalized spacial score (nSPS) is 32.1. The van der Waals surface area contributed by atoms with E-state index in [0.29, 0.717) is 19.2 Å². The molecule has 5 nitrogen and oxygen atoms in total. The fourth-order valence-electron chi connectivity index (χ4n) is 2.68. The van der Waals surface area contributed by atoms with Crippen molar-refractivity contribution in [2.75, 3.05) is 26.4 Å². The average molecular weight is 256 g/mol. The average Bonchev–Trinajstić information content (AvgIpc) is 2.74. The zero-order valence-electron chi connectivity index (χ0n) is 11.3. The first-order valence-electron chi connectivity index (χ1n) is 6.84. The van der Waals surface area contributed by atoms with E-state index < -0.39 is 0 Å². The van der Waals surface area contributed by atoms with E-state index in [1.165, 1.54) is 0 Å². The molecule has 104 valence electrons. The maximum Gasteiger partial charge on any atom is 0.234 e. The van der Waals surface area contributed by atoms with Gasteiger partial charge in [-0.15, -0.1) is 0 Å². The van der Waals surface area contributed by atoms with Crippen LogP contribution in [0.5, 0.6) is 0 Å². The summed E-state index contributed by atoms with van der Waals surface area (Å²) in [6, 6.07) is 0.557. The first-order valence-corrected chi connectivity index (χ1v) is 6.84. The molecule has 2 saturated heterocycles. The van der Waals surface area contributed by atoms with E-state index >= 15 is 0 Å². The highest BCUT2D eigenvalue weighted by atomic mass is 16.6. The fourth-order valence-corrected chi connectivity index (χ4v) is 2.68. The Bertz CT molecular complexity index is 288. The molecular weight excluding hydrogens is 232 g/mol. The summed E-state index contributed by atoms with van der Waals surface area (Å²) in [6.07, 6.45) is 2.89. The van der Waals surface area contributed by atoms with Crippen molar-refractivity contribution < 1.29 is 14.3 Å². The van der Waals surface area contributed by atoms with Crippen molar-refractivity contribution in [1.82, 2.24) is 10.6 Å². The molecule has 2 N–H and O–H groups in total. The second-order valence-electron chi connectivity index (χ2n) is 5.63. The standard InChI is InChI=1S/C13H24N2O3/c1-10(2)15-12(16)8-14-11-3-5-18-13(7-11)4-6-17-9-13/h10-11,14H,3-9H2,1-2H3,(H,15,16). The van der Waals surface area contributed by atoms with E-state index in [9.17, 15) is 4.79 Å². The highest BCUT2D eigenvalue weighted by Crippen LogP contribution is 2.32. The highest BCUT2D eigenvalue weighted by molar-refractivity contribution is 5.78.